The molecule has 7 nitrogen and oxygen atoms in total. The summed E-state index contributed by atoms with van der Waals surface area (Å²) < 4.78 is 19.4. The van der Waals surface area contributed by atoms with Crippen LogP contribution in [0.5, 0.6) is 0 Å². The van der Waals surface area contributed by atoms with Crippen LogP contribution in [-0.2, 0) is 16.1 Å². The van der Waals surface area contributed by atoms with Crippen molar-refractivity contribution in [3.8, 4) is 0 Å². The first-order chi connectivity index (χ1) is 17.1. The van der Waals surface area contributed by atoms with Gasteiger partial charge in [-0.2, -0.15) is 0 Å². The van der Waals surface area contributed by atoms with Crippen molar-refractivity contribution < 1.29 is 18.7 Å². The number of carbonyl (C=O) groups excluding carboxylic acids is 2. The lowest BCUT2D eigenvalue weighted by Crippen LogP contribution is -2.50. The van der Waals surface area contributed by atoms with Crippen molar-refractivity contribution in [1.29, 1.82) is 0 Å². The van der Waals surface area contributed by atoms with Crippen LogP contribution in [0, 0.1) is 5.82 Å². The zero-order chi connectivity index (χ0) is 23.9. The number of nitrogens with one attached hydrogen (secondary N) is 2. The Labute approximate surface area is 201 Å². The van der Waals surface area contributed by atoms with Gasteiger partial charge in [0.05, 0.1) is 12.2 Å². The van der Waals surface area contributed by atoms with Crippen molar-refractivity contribution in [3.05, 3.63) is 72.0 Å². The number of ether oxygens (including phenoxy) is 1. The number of para-hydroxylation sites is 1. The molecule has 0 atom stereocenters. The van der Waals surface area contributed by atoms with E-state index in [1.165, 1.54) is 6.07 Å². The molecule has 1 saturated heterocycles. The number of nitrogens with zero attached hydrogens (tertiary/aromatic N) is 2. The first-order valence-electron chi connectivity index (χ1n) is 11.8. The minimum absolute atomic E-state index is 0.0410. The summed E-state index contributed by atoms with van der Waals surface area (Å²) in [5.41, 5.74) is 3.86. The van der Waals surface area contributed by atoms with Crippen molar-refractivity contribution in [2.75, 3.05) is 29.9 Å². The predicted molar refractivity (Wildman–Crippen MR) is 133 cm³/mol. The van der Waals surface area contributed by atoms with Crippen molar-refractivity contribution in [3.63, 3.8) is 0 Å². The van der Waals surface area contributed by atoms with Crippen molar-refractivity contribution in [2.45, 2.75) is 25.5 Å². The molecule has 0 bridgehead atoms. The molecule has 35 heavy (non-hydrogen) atoms. The highest BCUT2D eigenvalue weighted by molar-refractivity contribution is 6.09. The second-order valence-corrected chi connectivity index (χ2v) is 9.15. The van der Waals surface area contributed by atoms with E-state index in [1.54, 1.807) is 17.0 Å². The summed E-state index contributed by atoms with van der Waals surface area (Å²) in [5.74, 6) is -0.438. The number of H-pyrrole nitrogens is 1. The molecular formula is C27H25FN4O3. The third-order valence-electron chi connectivity index (χ3n) is 6.97. The van der Waals surface area contributed by atoms with Gasteiger partial charge in [0.15, 0.2) is 0 Å². The lowest BCUT2D eigenvalue weighted by atomic mass is 10.0. The number of piperidine rings is 1. The molecule has 3 heterocycles. The van der Waals surface area contributed by atoms with E-state index in [-0.39, 0.29) is 30.9 Å². The highest BCUT2D eigenvalue weighted by Gasteiger charge is 2.35. The predicted octanol–water partition coefficient (Wildman–Crippen LogP) is 5.02. The zero-order valence-electron chi connectivity index (χ0n) is 19.1. The summed E-state index contributed by atoms with van der Waals surface area (Å²) in [6, 6.07) is 18.7. The summed E-state index contributed by atoms with van der Waals surface area (Å²) in [5, 5.41) is 5.21. The Morgan fingerprint density at radius 3 is 2.69 bits per heavy atom. The summed E-state index contributed by atoms with van der Waals surface area (Å²) >= 11 is 0. The maximum atomic E-state index is 14.2. The van der Waals surface area contributed by atoms with Crippen LogP contribution < -0.4 is 10.2 Å². The Bertz CT molecular complexity index is 1440. The van der Waals surface area contributed by atoms with Crippen LogP contribution in [0.25, 0.3) is 21.8 Å². The quantitative estimate of drug-likeness (QED) is 0.437. The minimum Gasteiger partial charge on any atom is -0.444 e. The van der Waals surface area contributed by atoms with E-state index < -0.39 is 6.09 Å². The highest BCUT2D eigenvalue weighted by atomic mass is 19.1. The van der Waals surface area contributed by atoms with Crippen molar-refractivity contribution in [2.24, 2.45) is 0 Å². The lowest BCUT2D eigenvalue weighted by Gasteiger charge is -2.40. The van der Waals surface area contributed by atoms with Crippen LogP contribution in [0.1, 0.15) is 18.4 Å². The second kappa shape index (κ2) is 8.70. The summed E-state index contributed by atoms with van der Waals surface area (Å²) in [6.45, 7) is 1.55. The number of likely N-dealkylation sites (tertiary alicyclic amines) is 1. The number of rotatable bonds is 4. The minimum atomic E-state index is -0.438. The normalized spacial score (nSPS) is 16.9. The average molecular weight is 473 g/mol. The summed E-state index contributed by atoms with van der Waals surface area (Å²) in [6.07, 6.45) is 0.922. The number of aromatic amines is 1. The molecule has 2 aliphatic rings. The Morgan fingerprint density at radius 2 is 1.83 bits per heavy atom. The van der Waals surface area contributed by atoms with E-state index >= 15 is 0 Å². The fourth-order valence-electron chi connectivity index (χ4n) is 5.23. The van der Waals surface area contributed by atoms with Gasteiger partial charge in [-0.1, -0.05) is 24.3 Å². The SMILES string of the molecule is O=C(CN1CCC(N2C(=O)OCc3c(F)cccc32)CC1)Nc1ccc2[nH]c3ccccc3c2c1. The Morgan fingerprint density at radius 1 is 1.03 bits per heavy atom. The number of halogens is 1. The molecule has 0 radical (unpaired) electrons. The van der Waals surface area contributed by atoms with Gasteiger partial charge in [-0.05, 0) is 49.2 Å². The third kappa shape index (κ3) is 4.00. The summed E-state index contributed by atoms with van der Waals surface area (Å²) in [7, 11) is 0. The van der Waals surface area contributed by atoms with E-state index in [0.29, 0.717) is 37.2 Å². The number of hydrogen-bond acceptors (Lipinski definition) is 4. The van der Waals surface area contributed by atoms with Crippen LogP contribution >= 0.6 is 0 Å². The molecule has 0 spiro atoms. The maximum absolute atomic E-state index is 14.2. The Balaban J connectivity index is 1.09. The van der Waals surface area contributed by atoms with E-state index in [0.717, 1.165) is 27.5 Å². The zero-order valence-corrected chi connectivity index (χ0v) is 19.1. The number of anilines is 2. The highest BCUT2D eigenvalue weighted by Crippen LogP contribution is 2.33. The number of hydrogen-bond donors (Lipinski definition) is 2. The first-order valence-corrected chi connectivity index (χ1v) is 11.8. The van der Waals surface area contributed by atoms with E-state index in [9.17, 15) is 14.0 Å². The second-order valence-electron chi connectivity index (χ2n) is 9.15. The largest absolute Gasteiger partial charge is 0.444 e. The van der Waals surface area contributed by atoms with Gasteiger partial charge in [-0.15, -0.1) is 0 Å². The van der Waals surface area contributed by atoms with Crippen molar-refractivity contribution in [1.82, 2.24) is 9.88 Å². The van der Waals surface area contributed by atoms with Crippen LogP contribution in [0.3, 0.4) is 0 Å². The van der Waals surface area contributed by atoms with Crippen LogP contribution in [0.2, 0.25) is 0 Å². The molecule has 0 saturated carbocycles. The molecule has 6 rings (SSSR count). The van der Waals surface area contributed by atoms with Crippen LogP contribution in [0.15, 0.2) is 60.7 Å². The molecule has 0 unspecified atom stereocenters. The van der Waals surface area contributed by atoms with Gasteiger partial charge < -0.3 is 15.0 Å². The molecule has 2 amide bonds. The van der Waals surface area contributed by atoms with Crippen LogP contribution in [-0.4, -0.2) is 47.6 Å². The Hall–Kier alpha value is -3.91. The number of benzene rings is 3. The van der Waals surface area contributed by atoms with E-state index in [2.05, 4.69) is 21.3 Å². The monoisotopic (exact) mass is 472 g/mol. The standard InChI is InChI=1S/C27H25FN4O3/c28-22-5-3-7-25-21(22)16-35-27(34)32(25)18-10-12-31(13-11-18)15-26(33)29-17-8-9-24-20(14-17)19-4-1-2-6-23(19)30-24/h1-9,14,18,30H,10-13,15-16H2,(H,29,33). The number of fused-ring (bicyclic) bond motifs is 4. The molecule has 0 aliphatic carbocycles. The van der Waals surface area contributed by atoms with Gasteiger partial charge in [0.25, 0.3) is 0 Å². The average Bonchev–Trinajstić information content (AvgIpc) is 3.23. The number of cyclic esters (lactones) is 1. The Kier molecular flexibility index (Phi) is 5.37. The fourth-order valence-corrected chi connectivity index (χ4v) is 5.23. The van der Waals surface area contributed by atoms with Gasteiger partial charge in [0, 0.05) is 52.2 Å². The number of amides is 2. The number of aromatic nitrogens is 1. The van der Waals surface area contributed by atoms with Gasteiger partial charge >= 0.3 is 6.09 Å². The molecule has 1 aromatic heterocycles. The van der Waals surface area contributed by atoms with Gasteiger partial charge in [-0.25, -0.2) is 9.18 Å². The van der Waals surface area contributed by atoms with Crippen LogP contribution in [0.4, 0.5) is 20.6 Å². The molecule has 3 aromatic carbocycles. The fraction of sp³-hybridized carbons (Fsp3) is 0.259. The van der Waals surface area contributed by atoms with Gasteiger partial charge in [-0.3, -0.25) is 14.6 Å². The smallest absolute Gasteiger partial charge is 0.414 e. The molecule has 178 valence electrons. The van der Waals surface area contributed by atoms with Gasteiger partial charge in [0.1, 0.15) is 12.4 Å². The molecule has 1 fully saturated rings. The topological polar surface area (TPSA) is 77.7 Å². The van der Waals surface area contributed by atoms with Gasteiger partial charge in [0.2, 0.25) is 5.91 Å². The molecule has 2 aliphatic heterocycles. The molecule has 2 N–H and O–H groups in total. The number of carbonyl (C=O) groups is 2. The molecule has 4 aromatic rings. The summed E-state index contributed by atoms with van der Waals surface area (Å²) in [4.78, 5) is 32.3. The first kappa shape index (κ1) is 21.6. The van der Waals surface area contributed by atoms with E-state index in [1.807, 2.05) is 36.4 Å². The maximum Gasteiger partial charge on any atom is 0.414 e. The third-order valence-corrected chi connectivity index (χ3v) is 6.97. The van der Waals surface area contributed by atoms with E-state index in [4.69, 9.17) is 4.74 Å². The molecule has 8 heteroatoms. The van der Waals surface area contributed by atoms with Crippen molar-refractivity contribution >= 4 is 45.2 Å². The lowest BCUT2D eigenvalue weighted by molar-refractivity contribution is -0.117. The molecular weight excluding hydrogens is 447 g/mol.